The molecule has 0 aromatic carbocycles. The molecule has 0 saturated heterocycles. The third-order valence-electron chi connectivity index (χ3n) is 13.0. The Bertz CT molecular complexity index is 2200. The number of pyridine rings is 6. The number of rotatable bonds is 24. The van der Waals surface area contributed by atoms with Gasteiger partial charge in [0.2, 0.25) is 0 Å². The second-order valence-electron chi connectivity index (χ2n) is 29.1. The van der Waals surface area contributed by atoms with Crippen molar-refractivity contribution in [2.75, 3.05) is 0 Å². The molecule has 0 bridgehead atoms. The zero-order valence-corrected chi connectivity index (χ0v) is 58.5. The normalized spacial score (nSPS) is 11.3. The lowest BCUT2D eigenvalue weighted by atomic mass is 9.95. The third kappa shape index (κ3) is 40.3. The Morgan fingerprint density at radius 1 is 0.250 bits per heavy atom. The van der Waals surface area contributed by atoms with E-state index in [9.17, 15) is 0 Å². The lowest BCUT2D eigenvalue weighted by Crippen LogP contribution is -2.04. The van der Waals surface area contributed by atoms with Gasteiger partial charge in [0.05, 0.1) is 0 Å². The predicted octanol–water partition coefficient (Wildman–Crippen LogP) is 20.9. The highest BCUT2D eigenvalue weighted by atomic mass is 14.7. The fourth-order valence-corrected chi connectivity index (χ4v) is 9.93. The van der Waals surface area contributed by atoms with Crippen LogP contribution in [0.25, 0.3) is 0 Å². The average Bonchev–Trinajstić information content (AvgIpc) is 3.49. The molecule has 6 heteroatoms. The number of aromatic nitrogens is 6. The molecule has 84 heavy (non-hydrogen) atoms. The molecule has 0 radical (unpaired) electrons. The van der Waals surface area contributed by atoms with Crippen LogP contribution in [0.2, 0.25) is 0 Å². The predicted molar refractivity (Wildman–Crippen MR) is 368 cm³/mol. The minimum absolute atomic E-state index is 0.691. The first-order valence-electron chi connectivity index (χ1n) is 33.1. The zero-order valence-electron chi connectivity index (χ0n) is 58.5. The minimum Gasteiger partial charge on any atom is -0.264 e. The van der Waals surface area contributed by atoms with Gasteiger partial charge in [-0.05, 0) is 229 Å². The van der Waals surface area contributed by atoms with Gasteiger partial charge in [-0.1, -0.05) is 190 Å². The van der Waals surface area contributed by atoms with Crippen LogP contribution in [-0.4, -0.2) is 29.9 Å². The van der Waals surface area contributed by atoms with Crippen molar-refractivity contribution >= 4 is 0 Å². The van der Waals surface area contributed by atoms with E-state index in [0.717, 1.165) is 82.5 Å². The van der Waals surface area contributed by atoms with Crippen LogP contribution < -0.4 is 0 Å². The summed E-state index contributed by atoms with van der Waals surface area (Å²) in [4.78, 5) is 26.5. The summed E-state index contributed by atoms with van der Waals surface area (Å²) < 4.78 is 0. The number of hydrogen-bond donors (Lipinski definition) is 0. The molecule has 6 nitrogen and oxygen atoms in total. The Kier molecular flexibility index (Phi) is 39.8. The fraction of sp³-hybridized carbons (Fsp3) is 0.615. The lowest BCUT2D eigenvalue weighted by molar-refractivity contribution is 0.605. The van der Waals surface area contributed by atoms with E-state index in [-0.39, 0.29) is 0 Å². The zero-order chi connectivity index (χ0) is 63.3. The Morgan fingerprint density at radius 2 is 0.690 bits per heavy atom. The van der Waals surface area contributed by atoms with Crippen molar-refractivity contribution in [3.63, 3.8) is 0 Å². The molecule has 6 aromatic heterocycles. The smallest absolute Gasteiger partial charge is 0.0438 e. The van der Waals surface area contributed by atoms with Crippen LogP contribution in [0.3, 0.4) is 0 Å². The van der Waals surface area contributed by atoms with Crippen molar-refractivity contribution in [2.24, 2.45) is 71.0 Å². The van der Waals surface area contributed by atoms with Crippen LogP contribution >= 0.6 is 0 Å². The van der Waals surface area contributed by atoms with E-state index in [0.29, 0.717) is 59.2 Å². The molecule has 0 aliphatic rings. The van der Waals surface area contributed by atoms with E-state index in [1.54, 1.807) is 0 Å². The van der Waals surface area contributed by atoms with E-state index in [1.807, 2.05) is 49.4 Å². The van der Waals surface area contributed by atoms with Crippen LogP contribution in [0.1, 0.15) is 234 Å². The highest BCUT2D eigenvalue weighted by Gasteiger charge is 2.10. The van der Waals surface area contributed by atoms with Crippen LogP contribution in [0.4, 0.5) is 0 Å². The Labute approximate surface area is 519 Å². The largest absolute Gasteiger partial charge is 0.264 e. The molecule has 0 unspecified atom stereocenters. The van der Waals surface area contributed by atoms with Crippen LogP contribution in [0, 0.1) is 71.0 Å². The highest BCUT2D eigenvalue weighted by molar-refractivity contribution is 5.25. The molecule has 0 amide bonds. The lowest BCUT2D eigenvalue weighted by Gasteiger charge is -2.12. The second kappa shape index (κ2) is 43.5. The van der Waals surface area contributed by atoms with Gasteiger partial charge < -0.3 is 0 Å². The fourth-order valence-electron chi connectivity index (χ4n) is 9.93. The van der Waals surface area contributed by atoms with Gasteiger partial charge in [-0.25, -0.2) is 0 Å². The van der Waals surface area contributed by atoms with E-state index in [2.05, 4.69) is 257 Å². The average molecular weight is 1150 g/mol. The molecule has 0 fully saturated rings. The molecule has 6 aromatic rings. The molecule has 0 aliphatic carbocycles. The second-order valence-corrected chi connectivity index (χ2v) is 29.1. The maximum Gasteiger partial charge on any atom is 0.0438 e. The summed E-state index contributed by atoms with van der Waals surface area (Å²) in [5, 5.41) is 0. The van der Waals surface area contributed by atoms with Crippen molar-refractivity contribution in [3.05, 3.63) is 178 Å². The first-order chi connectivity index (χ1) is 39.5. The number of nitrogens with zero attached hydrogens (tertiary/aromatic N) is 6. The monoisotopic (exact) mass is 1150 g/mol. The molecule has 468 valence electrons. The summed E-state index contributed by atoms with van der Waals surface area (Å²) in [5.41, 5.74) is 16.1. The van der Waals surface area contributed by atoms with Crippen molar-refractivity contribution in [1.29, 1.82) is 0 Å². The van der Waals surface area contributed by atoms with Gasteiger partial charge in [-0.2, -0.15) is 0 Å². The molecular formula is C78H126N6. The molecule has 0 spiro atoms. The van der Waals surface area contributed by atoms with Crippen LogP contribution in [0.15, 0.2) is 110 Å². The topological polar surface area (TPSA) is 77.3 Å². The van der Waals surface area contributed by atoms with Gasteiger partial charge in [-0.15, -0.1) is 0 Å². The highest BCUT2D eigenvalue weighted by Crippen LogP contribution is 2.19. The van der Waals surface area contributed by atoms with Crippen molar-refractivity contribution in [3.8, 4) is 0 Å². The van der Waals surface area contributed by atoms with Crippen molar-refractivity contribution in [2.45, 2.75) is 243 Å². The van der Waals surface area contributed by atoms with Gasteiger partial charge >= 0.3 is 0 Å². The van der Waals surface area contributed by atoms with Gasteiger partial charge in [0, 0.05) is 71.8 Å². The minimum atomic E-state index is 0.691. The molecular weight excluding hydrogens is 1020 g/mol. The molecule has 0 saturated carbocycles. The van der Waals surface area contributed by atoms with Gasteiger partial charge in [0.25, 0.3) is 0 Å². The van der Waals surface area contributed by atoms with Crippen molar-refractivity contribution < 1.29 is 0 Å². The first-order valence-corrected chi connectivity index (χ1v) is 33.1. The molecule has 6 heterocycles. The standard InChI is InChI=1S/6C13H21N/c1-10(2)5-12-7-13(6-11(3)4)9-14-8-12;1-10(2)7-12-5-6-14-9-13(12)8-11(3)4;1-10(2)7-12-5-6-14-13(9-12)8-11(3)4;1-10(2)7-12-5-6-13(14-9-12)8-11(3)4;1-10(2)8-12-6-5-7-14-13(12)9-11(3)4;1-10(2)8-12-6-5-7-13(14-12)9-11(3)4/h7-11H,5-6H2,1-4H3;3*5-6,9-11H,7-8H2,1-4H3;2*5-7,10-11H,8-9H2,1-4H3. The van der Waals surface area contributed by atoms with E-state index < -0.39 is 0 Å². The van der Waals surface area contributed by atoms with E-state index in [4.69, 9.17) is 0 Å². The Morgan fingerprint density at radius 3 is 1.17 bits per heavy atom. The van der Waals surface area contributed by atoms with E-state index in [1.165, 1.54) is 73.8 Å². The van der Waals surface area contributed by atoms with Gasteiger partial charge in [0.15, 0.2) is 0 Å². The van der Waals surface area contributed by atoms with Crippen LogP contribution in [-0.2, 0) is 77.0 Å². The summed E-state index contributed by atoms with van der Waals surface area (Å²) in [7, 11) is 0. The summed E-state index contributed by atoms with van der Waals surface area (Å²) >= 11 is 0. The van der Waals surface area contributed by atoms with Crippen LogP contribution in [0.5, 0.6) is 0 Å². The third-order valence-corrected chi connectivity index (χ3v) is 13.0. The summed E-state index contributed by atoms with van der Waals surface area (Å²) in [6.45, 7) is 53.9. The molecule has 0 atom stereocenters. The van der Waals surface area contributed by atoms with Crippen molar-refractivity contribution in [1.82, 2.24) is 29.9 Å². The van der Waals surface area contributed by atoms with Gasteiger partial charge in [0.1, 0.15) is 0 Å². The molecule has 6 rings (SSSR count). The SMILES string of the molecule is CC(C)Cc1ccc(CC(C)C)nc1.CC(C)Cc1cccc(CC(C)C)n1.CC(C)Cc1cccnc1CC(C)C.CC(C)Cc1ccnc(CC(C)C)c1.CC(C)Cc1ccncc1CC(C)C.CC(C)Cc1cncc(CC(C)C)c1. The number of hydrogen-bond acceptors (Lipinski definition) is 6. The van der Waals surface area contributed by atoms with E-state index >= 15 is 0 Å². The maximum atomic E-state index is 4.65. The maximum absolute atomic E-state index is 4.65. The Hall–Kier alpha value is -5.10. The summed E-state index contributed by atoms with van der Waals surface area (Å²) in [6, 6.07) is 23.9. The molecule has 0 N–H and O–H groups in total. The first kappa shape index (κ1) is 76.9. The summed E-state index contributed by atoms with van der Waals surface area (Å²) in [6.07, 6.45) is 27.3. The quantitative estimate of drug-likeness (QED) is 0.0601. The summed E-state index contributed by atoms with van der Waals surface area (Å²) in [5.74, 6) is 8.48. The molecule has 0 aliphatic heterocycles. The van der Waals surface area contributed by atoms with Gasteiger partial charge in [-0.3, -0.25) is 29.9 Å². The Balaban J connectivity index is 0.000000504.